The molecule has 0 aromatic heterocycles. The number of para-hydroxylation sites is 2. The van der Waals surface area contributed by atoms with Crippen LogP contribution >= 0.6 is 0 Å². The number of nitrogens with zero attached hydrogens (tertiary/aromatic N) is 1. The number of carbonyl (C=O) groups is 2. The molecule has 1 aromatic rings. The fourth-order valence-electron chi connectivity index (χ4n) is 1.26. The molecule has 0 saturated heterocycles. The maximum absolute atomic E-state index is 11.4. The third kappa shape index (κ3) is 3.16. The molecule has 0 aliphatic carbocycles. The highest BCUT2D eigenvalue weighted by Gasteiger charge is 2.11. The second kappa shape index (κ2) is 5.01. The van der Waals surface area contributed by atoms with E-state index in [9.17, 15) is 19.8 Å². The number of carbonyl (C=O) groups excluding carboxylic acids is 1. The Labute approximate surface area is 91.4 Å². The minimum Gasteiger partial charge on any atom is -0.871 e. The number of anilines is 1. The molecule has 16 heavy (non-hydrogen) atoms. The molecule has 1 aromatic carbocycles. The summed E-state index contributed by atoms with van der Waals surface area (Å²) in [5.74, 6) is -3.08. The summed E-state index contributed by atoms with van der Waals surface area (Å²) in [4.78, 5) is 21.9. The first-order valence-corrected chi connectivity index (χ1v) is 4.43. The highest BCUT2D eigenvalue weighted by Crippen LogP contribution is 2.23. The van der Waals surface area contributed by atoms with Gasteiger partial charge in [0.05, 0.1) is 12.5 Å². The average Bonchev–Trinajstić information content (AvgIpc) is 2.15. The van der Waals surface area contributed by atoms with Crippen LogP contribution in [-0.2, 0) is 9.59 Å². The van der Waals surface area contributed by atoms with Gasteiger partial charge in [-0.3, -0.25) is 4.79 Å². The summed E-state index contributed by atoms with van der Waals surface area (Å²) in [5, 5.41) is 30.4. The van der Waals surface area contributed by atoms with Crippen molar-refractivity contribution in [3.8, 4) is 5.75 Å². The van der Waals surface area contributed by atoms with Gasteiger partial charge in [0.15, 0.2) is 0 Å². The molecule has 1 rings (SSSR count). The third-order valence-electron chi connectivity index (χ3n) is 1.85. The Kier molecular flexibility index (Phi) is 3.71. The van der Waals surface area contributed by atoms with Gasteiger partial charge in [-0.25, -0.2) is 0 Å². The minimum absolute atomic E-state index is 0.0362. The van der Waals surface area contributed by atoms with Gasteiger partial charge in [0.2, 0.25) is 0 Å². The largest absolute Gasteiger partial charge is 0.871 e. The van der Waals surface area contributed by atoms with Crippen LogP contribution < -0.4 is 15.1 Å². The Hall–Kier alpha value is -2.24. The zero-order valence-corrected chi connectivity index (χ0v) is 8.25. The first kappa shape index (κ1) is 11.8. The van der Waals surface area contributed by atoms with Gasteiger partial charge < -0.3 is 25.0 Å². The molecule has 0 fully saturated rings. The molecule has 0 heterocycles. The van der Waals surface area contributed by atoms with Gasteiger partial charge in [0.25, 0.3) is 0 Å². The van der Waals surface area contributed by atoms with Gasteiger partial charge in [-0.2, -0.15) is 0 Å². The number of hydrogen-bond donors (Lipinski definition) is 1. The highest BCUT2D eigenvalue weighted by molar-refractivity contribution is 5.79. The molecular weight excluding hydrogens is 214 g/mol. The maximum atomic E-state index is 11.4. The summed E-state index contributed by atoms with van der Waals surface area (Å²) in [5.41, 5.74) is 0.0362. The van der Waals surface area contributed by atoms with Gasteiger partial charge >= 0.3 is 5.97 Å². The van der Waals surface area contributed by atoms with Crippen LogP contribution in [0.15, 0.2) is 24.3 Å². The molecule has 0 amide bonds. The fourth-order valence-corrected chi connectivity index (χ4v) is 1.26. The molecule has 6 heteroatoms. The van der Waals surface area contributed by atoms with Gasteiger partial charge in [-0.05, 0) is 6.07 Å². The van der Waals surface area contributed by atoms with Crippen molar-refractivity contribution in [3.63, 3.8) is 0 Å². The molecule has 86 valence electrons. The lowest BCUT2D eigenvalue weighted by molar-refractivity contribution is -0.303. The lowest BCUT2D eigenvalue weighted by atomic mass is 10.2. The topological polar surface area (TPSA) is 104 Å². The monoisotopic (exact) mass is 223 g/mol. The molecule has 0 unspecified atom stereocenters. The second-order valence-electron chi connectivity index (χ2n) is 3.09. The Morgan fingerprint density at radius 1 is 1.25 bits per heavy atom. The summed E-state index contributed by atoms with van der Waals surface area (Å²) < 4.78 is 0. The molecule has 0 spiro atoms. The van der Waals surface area contributed by atoms with E-state index in [2.05, 4.69) is 0 Å². The molecule has 6 nitrogen and oxygen atoms in total. The predicted molar refractivity (Wildman–Crippen MR) is 50.7 cm³/mol. The van der Waals surface area contributed by atoms with Crippen LogP contribution in [0.5, 0.6) is 5.75 Å². The number of hydrogen-bond acceptors (Lipinski definition) is 5. The third-order valence-corrected chi connectivity index (χ3v) is 1.85. The Balaban J connectivity index is 2.96. The lowest BCUT2D eigenvalue weighted by Crippen LogP contribution is -2.41. The average molecular weight is 223 g/mol. The molecule has 0 atom stereocenters. The molecular formula is C10H9NO5-2. The van der Waals surface area contributed by atoms with Crippen molar-refractivity contribution in [3.05, 3.63) is 24.3 Å². The van der Waals surface area contributed by atoms with Crippen LogP contribution in [0.25, 0.3) is 0 Å². The Morgan fingerprint density at radius 2 is 1.88 bits per heavy atom. The van der Waals surface area contributed by atoms with Crippen LogP contribution in [0.4, 0.5) is 5.69 Å². The first-order valence-electron chi connectivity index (χ1n) is 4.43. The van der Waals surface area contributed by atoms with E-state index in [1.54, 1.807) is 0 Å². The SMILES string of the molecule is O=C([O-])CN(CC(=O)O)c1ccccc1[O-]. The van der Waals surface area contributed by atoms with Gasteiger partial charge in [0, 0.05) is 5.69 Å². The summed E-state index contributed by atoms with van der Waals surface area (Å²) >= 11 is 0. The van der Waals surface area contributed by atoms with Crippen molar-refractivity contribution >= 4 is 17.6 Å². The lowest BCUT2D eigenvalue weighted by Gasteiger charge is -2.27. The number of benzene rings is 1. The molecule has 0 bridgehead atoms. The summed E-state index contributed by atoms with van der Waals surface area (Å²) in [7, 11) is 0. The van der Waals surface area contributed by atoms with E-state index in [1.807, 2.05) is 0 Å². The van der Waals surface area contributed by atoms with Crippen LogP contribution in [0, 0.1) is 0 Å². The predicted octanol–water partition coefficient (Wildman–Crippen LogP) is -1.60. The van der Waals surface area contributed by atoms with E-state index in [1.165, 1.54) is 24.3 Å². The number of carboxylic acid groups (broad SMARTS) is 2. The van der Waals surface area contributed by atoms with Crippen LogP contribution in [0.1, 0.15) is 0 Å². The number of carboxylic acids is 2. The van der Waals surface area contributed by atoms with Crippen molar-refractivity contribution in [2.24, 2.45) is 0 Å². The van der Waals surface area contributed by atoms with Crippen LogP contribution in [-0.4, -0.2) is 30.1 Å². The van der Waals surface area contributed by atoms with E-state index in [0.717, 1.165) is 4.90 Å². The van der Waals surface area contributed by atoms with Crippen LogP contribution in [0.3, 0.4) is 0 Å². The van der Waals surface area contributed by atoms with E-state index in [-0.39, 0.29) is 5.69 Å². The number of aliphatic carboxylic acids is 2. The standard InChI is InChI=1S/C10H11NO5/c12-8-4-2-1-3-7(8)11(5-9(13)14)6-10(15)16/h1-4,12H,5-6H2,(H,13,14)(H,15,16)/p-2. The van der Waals surface area contributed by atoms with Gasteiger partial charge in [-0.1, -0.05) is 23.9 Å². The van der Waals surface area contributed by atoms with E-state index >= 15 is 0 Å². The van der Waals surface area contributed by atoms with Gasteiger partial charge in [-0.15, -0.1) is 0 Å². The minimum atomic E-state index is -1.44. The Morgan fingerprint density at radius 3 is 2.38 bits per heavy atom. The number of rotatable bonds is 5. The Bertz CT molecular complexity index is 388. The normalized spacial score (nSPS) is 9.75. The summed E-state index contributed by atoms with van der Waals surface area (Å²) in [6.45, 7) is -1.20. The fraction of sp³-hybridized carbons (Fsp3) is 0.200. The molecule has 0 saturated carbocycles. The highest BCUT2D eigenvalue weighted by atomic mass is 16.4. The second-order valence-corrected chi connectivity index (χ2v) is 3.09. The van der Waals surface area contributed by atoms with Crippen molar-refractivity contribution in [2.75, 3.05) is 18.0 Å². The summed E-state index contributed by atoms with van der Waals surface area (Å²) in [6, 6.07) is 5.62. The first-order chi connectivity index (χ1) is 7.50. The van der Waals surface area contributed by atoms with Crippen molar-refractivity contribution in [1.29, 1.82) is 0 Å². The van der Waals surface area contributed by atoms with Crippen molar-refractivity contribution in [2.45, 2.75) is 0 Å². The maximum Gasteiger partial charge on any atom is 0.323 e. The van der Waals surface area contributed by atoms with Crippen molar-refractivity contribution < 1.29 is 24.9 Å². The van der Waals surface area contributed by atoms with E-state index in [4.69, 9.17) is 5.11 Å². The zero-order valence-electron chi connectivity index (χ0n) is 8.25. The smallest absolute Gasteiger partial charge is 0.323 e. The van der Waals surface area contributed by atoms with Crippen LogP contribution in [0.2, 0.25) is 0 Å². The zero-order chi connectivity index (χ0) is 12.1. The van der Waals surface area contributed by atoms with E-state index < -0.39 is 30.8 Å². The van der Waals surface area contributed by atoms with Gasteiger partial charge in [0.1, 0.15) is 6.54 Å². The molecule has 0 aliphatic heterocycles. The molecule has 0 radical (unpaired) electrons. The van der Waals surface area contributed by atoms with E-state index in [0.29, 0.717) is 0 Å². The molecule has 0 aliphatic rings. The molecule has 1 N–H and O–H groups in total. The summed E-state index contributed by atoms with van der Waals surface area (Å²) in [6.07, 6.45) is 0. The quantitative estimate of drug-likeness (QED) is 0.644. The van der Waals surface area contributed by atoms with Crippen molar-refractivity contribution in [1.82, 2.24) is 0 Å².